The van der Waals surface area contributed by atoms with Crippen LogP contribution in [0, 0.1) is 5.92 Å². The van der Waals surface area contributed by atoms with E-state index in [1.54, 1.807) is 7.11 Å². The van der Waals surface area contributed by atoms with Gasteiger partial charge in [0.15, 0.2) is 0 Å². The van der Waals surface area contributed by atoms with Gasteiger partial charge in [0.05, 0.1) is 46.1 Å². The van der Waals surface area contributed by atoms with Gasteiger partial charge in [0.2, 0.25) is 0 Å². The van der Waals surface area contributed by atoms with Crippen LogP contribution in [0.2, 0.25) is 0 Å². The van der Waals surface area contributed by atoms with E-state index in [1.165, 1.54) is 7.11 Å². The molecule has 0 saturated carbocycles. The number of rotatable bonds is 10. The van der Waals surface area contributed by atoms with Crippen LogP contribution in [-0.4, -0.2) is 77.8 Å². The maximum atomic E-state index is 11.5. The largest absolute Gasteiger partial charge is 0.469 e. The summed E-state index contributed by atoms with van der Waals surface area (Å²) in [6.45, 7) is 5.73. The predicted molar refractivity (Wildman–Crippen MR) is 74.7 cm³/mol. The zero-order valence-electron chi connectivity index (χ0n) is 12.6. The lowest BCUT2D eigenvalue weighted by molar-refractivity contribution is -0.147. The highest BCUT2D eigenvalue weighted by atomic mass is 16.5. The number of carbonyl (C=O) groups is 1. The van der Waals surface area contributed by atoms with E-state index >= 15 is 0 Å². The highest BCUT2D eigenvalue weighted by Crippen LogP contribution is 2.17. The van der Waals surface area contributed by atoms with Gasteiger partial charge in [-0.1, -0.05) is 0 Å². The second kappa shape index (κ2) is 11.0. The lowest BCUT2D eigenvalue weighted by Crippen LogP contribution is -2.40. The van der Waals surface area contributed by atoms with Crippen molar-refractivity contribution in [2.75, 3.05) is 66.9 Å². The molecule has 0 aromatic carbocycles. The van der Waals surface area contributed by atoms with Gasteiger partial charge in [0, 0.05) is 20.2 Å². The molecule has 0 aromatic heterocycles. The summed E-state index contributed by atoms with van der Waals surface area (Å²) in [5.74, 6) is -0.0757. The lowest BCUT2D eigenvalue weighted by Gasteiger charge is -2.31. The summed E-state index contributed by atoms with van der Waals surface area (Å²) >= 11 is 0. The highest BCUT2D eigenvalue weighted by Gasteiger charge is 2.25. The molecule has 1 aliphatic heterocycles. The van der Waals surface area contributed by atoms with Crippen molar-refractivity contribution in [2.45, 2.75) is 12.8 Å². The van der Waals surface area contributed by atoms with Gasteiger partial charge in [-0.25, -0.2) is 0 Å². The van der Waals surface area contributed by atoms with Crippen molar-refractivity contribution in [3.63, 3.8) is 0 Å². The van der Waals surface area contributed by atoms with E-state index < -0.39 is 0 Å². The zero-order chi connectivity index (χ0) is 14.6. The van der Waals surface area contributed by atoms with Crippen LogP contribution in [0.3, 0.4) is 0 Å². The van der Waals surface area contributed by atoms with Crippen molar-refractivity contribution >= 4 is 5.97 Å². The quantitative estimate of drug-likeness (QED) is 0.432. The summed E-state index contributed by atoms with van der Waals surface area (Å²) < 4.78 is 20.5. The minimum Gasteiger partial charge on any atom is -0.469 e. The Bertz CT molecular complexity index is 262. The molecule has 20 heavy (non-hydrogen) atoms. The monoisotopic (exact) mass is 289 g/mol. The van der Waals surface area contributed by atoms with Gasteiger partial charge in [-0.2, -0.15) is 0 Å². The van der Waals surface area contributed by atoms with E-state index in [9.17, 15) is 4.79 Å². The first-order chi connectivity index (χ1) is 9.77. The Balaban J connectivity index is 2.00. The smallest absolute Gasteiger partial charge is 0.309 e. The SMILES string of the molecule is COCCOCCOCCN1CCC[C@H](C(=O)OC)C1. The number of ether oxygens (including phenoxy) is 4. The first kappa shape index (κ1) is 17.4. The van der Waals surface area contributed by atoms with Crippen LogP contribution < -0.4 is 0 Å². The summed E-state index contributed by atoms with van der Waals surface area (Å²) in [5, 5.41) is 0. The van der Waals surface area contributed by atoms with E-state index in [1.807, 2.05) is 0 Å². The molecule has 0 unspecified atom stereocenters. The summed E-state index contributed by atoms with van der Waals surface area (Å²) in [4.78, 5) is 13.8. The fourth-order valence-electron chi connectivity index (χ4n) is 2.28. The molecule has 0 N–H and O–H groups in total. The van der Waals surface area contributed by atoms with Crippen LogP contribution in [-0.2, 0) is 23.7 Å². The Morgan fingerprint density at radius 1 is 1.10 bits per heavy atom. The Morgan fingerprint density at radius 2 is 1.80 bits per heavy atom. The highest BCUT2D eigenvalue weighted by molar-refractivity contribution is 5.72. The third kappa shape index (κ3) is 7.19. The van der Waals surface area contributed by atoms with E-state index in [4.69, 9.17) is 18.9 Å². The van der Waals surface area contributed by atoms with E-state index in [0.717, 1.165) is 32.5 Å². The minimum absolute atomic E-state index is 0.0196. The number of carbonyl (C=O) groups excluding carboxylic acids is 1. The van der Waals surface area contributed by atoms with E-state index in [2.05, 4.69) is 4.90 Å². The maximum absolute atomic E-state index is 11.5. The van der Waals surface area contributed by atoms with Gasteiger partial charge in [0.25, 0.3) is 0 Å². The average molecular weight is 289 g/mol. The molecule has 1 saturated heterocycles. The van der Waals surface area contributed by atoms with Crippen molar-refractivity contribution in [3.05, 3.63) is 0 Å². The molecule has 0 bridgehead atoms. The van der Waals surface area contributed by atoms with Crippen molar-refractivity contribution in [1.29, 1.82) is 0 Å². The number of likely N-dealkylation sites (tertiary alicyclic amines) is 1. The Kier molecular flexibility index (Phi) is 9.57. The molecule has 6 nitrogen and oxygen atoms in total. The normalized spacial score (nSPS) is 20.0. The second-order valence-electron chi connectivity index (χ2n) is 4.88. The standard InChI is InChI=1S/C14H27NO5/c1-17-8-9-20-11-10-19-7-6-15-5-3-4-13(12-15)14(16)18-2/h13H,3-12H2,1-2H3/t13-/m0/s1. The third-order valence-electron chi connectivity index (χ3n) is 3.40. The molecule has 0 amide bonds. The molecule has 1 rings (SSSR count). The molecule has 1 heterocycles. The first-order valence-electron chi connectivity index (χ1n) is 7.22. The summed E-state index contributed by atoms with van der Waals surface area (Å²) in [5.41, 5.74) is 0. The Morgan fingerprint density at radius 3 is 2.50 bits per heavy atom. The second-order valence-corrected chi connectivity index (χ2v) is 4.88. The molecule has 1 fully saturated rings. The summed E-state index contributed by atoms with van der Waals surface area (Å²) in [7, 11) is 3.11. The van der Waals surface area contributed by atoms with Gasteiger partial charge in [0.1, 0.15) is 0 Å². The fraction of sp³-hybridized carbons (Fsp3) is 0.929. The van der Waals surface area contributed by atoms with Crippen LogP contribution in [0.15, 0.2) is 0 Å². The van der Waals surface area contributed by atoms with Crippen LogP contribution in [0.25, 0.3) is 0 Å². The fourth-order valence-corrected chi connectivity index (χ4v) is 2.28. The molecule has 0 aromatic rings. The molecule has 0 spiro atoms. The molecular weight excluding hydrogens is 262 g/mol. The third-order valence-corrected chi connectivity index (χ3v) is 3.40. The maximum Gasteiger partial charge on any atom is 0.309 e. The van der Waals surface area contributed by atoms with Gasteiger partial charge >= 0.3 is 5.97 Å². The van der Waals surface area contributed by atoms with Crippen LogP contribution in [0.5, 0.6) is 0 Å². The average Bonchev–Trinajstić information content (AvgIpc) is 2.49. The number of methoxy groups -OCH3 is 2. The Hall–Kier alpha value is -0.690. The van der Waals surface area contributed by atoms with Gasteiger partial charge in [-0.15, -0.1) is 0 Å². The van der Waals surface area contributed by atoms with Gasteiger partial charge < -0.3 is 23.8 Å². The topological polar surface area (TPSA) is 57.2 Å². The first-order valence-corrected chi connectivity index (χ1v) is 7.22. The minimum atomic E-state index is -0.0952. The number of hydrogen-bond acceptors (Lipinski definition) is 6. The van der Waals surface area contributed by atoms with Crippen molar-refractivity contribution in [2.24, 2.45) is 5.92 Å². The van der Waals surface area contributed by atoms with Crippen LogP contribution in [0.1, 0.15) is 12.8 Å². The molecule has 118 valence electrons. The lowest BCUT2D eigenvalue weighted by atomic mass is 9.98. The number of nitrogens with zero attached hydrogens (tertiary/aromatic N) is 1. The Labute approximate surface area is 121 Å². The molecule has 0 aliphatic carbocycles. The van der Waals surface area contributed by atoms with E-state index in [0.29, 0.717) is 33.0 Å². The molecule has 0 radical (unpaired) electrons. The number of piperidine rings is 1. The molecular formula is C14H27NO5. The number of esters is 1. The van der Waals surface area contributed by atoms with Crippen LogP contribution in [0.4, 0.5) is 0 Å². The predicted octanol–water partition coefficient (Wildman–Crippen LogP) is 0.551. The summed E-state index contributed by atoms with van der Waals surface area (Å²) in [6, 6.07) is 0. The van der Waals surface area contributed by atoms with Gasteiger partial charge in [-0.3, -0.25) is 4.79 Å². The van der Waals surface area contributed by atoms with Crippen molar-refractivity contribution in [3.8, 4) is 0 Å². The molecule has 1 atom stereocenters. The van der Waals surface area contributed by atoms with Gasteiger partial charge in [-0.05, 0) is 19.4 Å². The zero-order valence-corrected chi connectivity index (χ0v) is 12.6. The van der Waals surface area contributed by atoms with Crippen molar-refractivity contribution < 1.29 is 23.7 Å². The van der Waals surface area contributed by atoms with E-state index in [-0.39, 0.29) is 11.9 Å². The number of hydrogen-bond donors (Lipinski definition) is 0. The van der Waals surface area contributed by atoms with Crippen molar-refractivity contribution in [1.82, 2.24) is 4.90 Å². The molecule has 1 aliphatic rings. The summed E-state index contributed by atoms with van der Waals surface area (Å²) in [6.07, 6.45) is 1.97. The van der Waals surface area contributed by atoms with Crippen LogP contribution >= 0.6 is 0 Å². The molecule has 6 heteroatoms.